The number of rotatable bonds is 5. The lowest BCUT2D eigenvalue weighted by molar-refractivity contribution is 0.230. The second-order valence-corrected chi connectivity index (χ2v) is 5.90. The lowest BCUT2D eigenvalue weighted by Gasteiger charge is -2.19. The number of fused-ring (bicyclic) bond motifs is 1. The van der Waals surface area contributed by atoms with Gasteiger partial charge in [-0.05, 0) is 19.9 Å². The summed E-state index contributed by atoms with van der Waals surface area (Å²) in [7, 11) is -3.40. The Labute approximate surface area is 112 Å². The molecule has 1 aromatic carbocycles. The molecule has 19 heavy (non-hydrogen) atoms. The number of para-hydroxylation sites is 1. The predicted molar refractivity (Wildman–Crippen MR) is 76.6 cm³/mol. The van der Waals surface area contributed by atoms with Crippen molar-refractivity contribution in [3.05, 3.63) is 30.5 Å². The molecular formula is C13H17N2O3P. The lowest BCUT2D eigenvalue weighted by Crippen LogP contribution is -2.16. The van der Waals surface area contributed by atoms with Crippen LogP contribution in [0.5, 0.6) is 0 Å². The van der Waals surface area contributed by atoms with Crippen LogP contribution >= 0.6 is 7.60 Å². The maximum atomic E-state index is 12.7. The van der Waals surface area contributed by atoms with E-state index in [0.717, 1.165) is 10.9 Å². The van der Waals surface area contributed by atoms with Gasteiger partial charge < -0.3 is 14.8 Å². The SMILES string of the molecule is CCOP(=O)(OCC)c1cnc2ccccc2c1N. The van der Waals surface area contributed by atoms with E-state index in [2.05, 4.69) is 4.98 Å². The van der Waals surface area contributed by atoms with Crippen LogP contribution in [0, 0.1) is 0 Å². The highest BCUT2D eigenvalue weighted by atomic mass is 31.2. The Balaban J connectivity index is 2.60. The van der Waals surface area contributed by atoms with E-state index in [0.29, 0.717) is 11.0 Å². The molecule has 0 bridgehead atoms. The van der Waals surface area contributed by atoms with Gasteiger partial charge in [-0.2, -0.15) is 0 Å². The monoisotopic (exact) mass is 280 g/mol. The molecule has 0 fully saturated rings. The molecule has 0 aliphatic rings. The molecule has 5 nitrogen and oxygen atoms in total. The number of benzene rings is 1. The second-order valence-electron chi connectivity index (χ2n) is 3.91. The van der Waals surface area contributed by atoms with Crippen molar-refractivity contribution in [1.29, 1.82) is 0 Å². The average molecular weight is 280 g/mol. The first kappa shape index (κ1) is 14.0. The molecule has 2 rings (SSSR count). The summed E-state index contributed by atoms with van der Waals surface area (Å²) in [6.45, 7) is 4.08. The summed E-state index contributed by atoms with van der Waals surface area (Å²) in [4.78, 5) is 4.26. The van der Waals surface area contributed by atoms with Gasteiger partial charge in [0.2, 0.25) is 0 Å². The Kier molecular flexibility index (Phi) is 4.20. The maximum Gasteiger partial charge on any atom is 0.364 e. The van der Waals surface area contributed by atoms with Crippen molar-refractivity contribution in [2.24, 2.45) is 0 Å². The summed E-state index contributed by atoms with van der Waals surface area (Å²) < 4.78 is 23.3. The largest absolute Gasteiger partial charge is 0.397 e. The van der Waals surface area contributed by atoms with Crippen LogP contribution in [-0.2, 0) is 13.6 Å². The molecule has 1 heterocycles. The highest BCUT2D eigenvalue weighted by Gasteiger charge is 2.30. The fraction of sp³-hybridized carbons (Fsp3) is 0.308. The van der Waals surface area contributed by atoms with Crippen LogP contribution in [0.15, 0.2) is 30.5 Å². The van der Waals surface area contributed by atoms with Gasteiger partial charge in [0, 0.05) is 11.6 Å². The Hall–Kier alpha value is -1.42. The molecule has 0 amide bonds. The zero-order valence-electron chi connectivity index (χ0n) is 11.0. The first-order valence-electron chi connectivity index (χ1n) is 6.15. The maximum absolute atomic E-state index is 12.7. The molecule has 0 radical (unpaired) electrons. The molecule has 0 atom stereocenters. The van der Waals surface area contributed by atoms with Crippen LogP contribution in [-0.4, -0.2) is 18.2 Å². The molecule has 0 saturated carbocycles. The molecule has 2 N–H and O–H groups in total. The number of nitrogens with two attached hydrogens (primary N) is 1. The number of hydrogen-bond acceptors (Lipinski definition) is 5. The zero-order valence-corrected chi connectivity index (χ0v) is 11.9. The van der Waals surface area contributed by atoms with E-state index in [9.17, 15) is 4.57 Å². The quantitative estimate of drug-likeness (QED) is 0.852. The molecular weight excluding hydrogens is 263 g/mol. The van der Waals surface area contributed by atoms with E-state index >= 15 is 0 Å². The highest BCUT2D eigenvalue weighted by Crippen LogP contribution is 2.48. The van der Waals surface area contributed by atoms with Crippen LogP contribution in [0.25, 0.3) is 10.9 Å². The van der Waals surface area contributed by atoms with Crippen molar-refractivity contribution in [3.8, 4) is 0 Å². The Morgan fingerprint density at radius 3 is 2.47 bits per heavy atom. The standard InChI is InChI=1S/C13H17N2O3P/c1-3-17-19(16,18-4-2)12-9-15-11-8-6-5-7-10(11)13(12)14/h5-9H,3-4H2,1-2H3,(H2,14,15). The second kappa shape index (κ2) is 5.70. The van der Waals surface area contributed by atoms with Crippen LogP contribution in [0.3, 0.4) is 0 Å². The Morgan fingerprint density at radius 1 is 1.21 bits per heavy atom. The van der Waals surface area contributed by atoms with Gasteiger partial charge in [0.1, 0.15) is 5.30 Å². The zero-order chi connectivity index (χ0) is 13.9. The Morgan fingerprint density at radius 2 is 1.84 bits per heavy atom. The highest BCUT2D eigenvalue weighted by molar-refractivity contribution is 7.62. The molecule has 0 aliphatic carbocycles. The van der Waals surface area contributed by atoms with Crippen molar-refractivity contribution in [2.45, 2.75) is 13.8 Å². The summed E-state index contributed by atoms with van der Waals surface area (Å²) in [5, 5.41) is 1.08. The summed E-state index contributed by atoms with van der Waals surface area (Å²) in [5.74, 6) is 0. The molecule has 0 aliphatic heterocycles. The first-order valence-corrected chi connectivity index (χ1v) is 7.69. The normalized spacial score (nSPS) is 11.9. The van der Waals surface area contributed by atoms with Crippen LogP contribution in [0.1, 0.15) is 13.8 Å². The molecule has 0 saturated heterocycles. The average Bonchev–Trinajstić information content (AvgIpc) is 2.40. The number of pyridine rings is 1. The van der Waals surface area contributed by atoms with E-state index in [1.165, 1.54) is 6.20 Å². The van der Waals surface area contributed by atoms with Gasteiger partial charge in [0.05, 0.1) is 24.4 Å². The van der Waals surface area contributed by atoms with Crippen molar-refractivity contribution >= 4 is 29.5 Å². The van der Waals surface area contributed by atoms with Gasteiger partial charge in [0.15, 0.2) is 0 Å². The van der Waals surface area contributed by atoms with Gasteiger partial charge >= 0.3 is 7.60 Å². The van der Waals surface area contributed by atoms with E-state index in [1.54, 1.807) is 13.8 Å². The smallest absolute Gasteiger partial charge is 0.364 e. The molecule has 0 unspecified atom stereocenters. The molecule has 102 valence electrons. The van der Waals surface area contributed by atoms with Crippen molar-refractivity contribution < 1.29 is 13.6 Å². The van der Waals surface area contributed by atoms with Crippen molar-refractivity contribution in [1.82, 2.24) is 4.98 Å². The predicted octanol–water partition coefficient (Wildman–Crippen LogP) is 2.71. The molecule has 1 aromatic heterocycles. The minimum absolute atomic E-state index is 0.281. The summed E-state index contributed by atoms with van der Waals surface area (Å²) in [5.41, 5.74) is 7.25. The van der Waals surface area contributed by atoms with E-state index in [4.69, 9.17) is 14.8 Å². The summed E-state index contributed by atoms with van der Waals surface area (Å²) >= 11 is 0. The minimum atomic E-state index is -3.40. The molecule has 2 aromatic rings. The van der Waals surface area contributed by atoms with Crippen LogP contribution < -0.4 is 11.0 Å². The first-order chi connectivity index (χ1) is 9.12. The summed E-state index contributed by atoms with van der Waals surface area (Å²) in [6, 6.07) is 7.42. The number of nitrogens with zero attached hydrogens (tertiary/aromatic N) is 1. The van der Waals surface area contributed by atoms with E-state index in [-0.39, 0.29) is 13.2 Å². The minimum Gasteiger partial charge on any atom is -0.397 e. The van der Waals surface area contributed by atoms with E-state index < -0.39 is 7.60 Å². The van der Waals surface area contributed by atoms with Gasteiger partial charge in [-0.25, -0.2) is 0 Å². The fourth-order valence-corrected chi connectivity index (χ4v) is 3.53. The summed E-state index contributed by atoms with van der Waals surface area (Å²) in [6.07, 6.45) is 1.48. The van der Waals surface area contributed by atoms with Gasteiger partial charge in [0.25, 0.3) is 0 Å². The van der Waals surface area contributed by atoms with Crippen LogP contribution in [0.2, 0.25) is 0 Å². The van der Waals surface area contributed by atoms with Gasteiger partial charge in [-0.15, -0.1) is 0 Å². The third kappa shape index (κ3) is 2.63. The molecule has 0 spiro atoms. The lowest BCUT2D eigenvalue weighted by atomic mass is 10.2. The number of hydrogen-bond donors (Lipinski definition) is 1. The fourth-order valence-electron chi connectivity index (χ4n) is 1.89. The van der Waals surface area contributed by atoms with Crippen LogP contribution in [0.4, 0.5) is 5.69 Å². The number of aromatic nitrogens is 1. The van der Waals surface area contributed by atoms with Crippen molar-refractivity contribution in [2.75, 3.05) is 18.9 Å². The third-order valence-corrected chi connectivity index (χ3v) is 4.83. The van der Waals surface area contributed by atoms with E-state index in [1.807, 2.05) is 24.3 Å². The molecule has 6 heteroatoms. The van der Waals surface area contributed by atoms with Gasteiger partial charge in [-0.3, -0.25) is 9.55 Å². The topological polar surface area (TPSA) is 74.4 Å². The number of anilines is 1. The number of nitrogen functional groups attached to an aromatic ring is 1. The van der Waals surface area contributed by atoms with Crippen molar-refractivity contribution in [3.63, 3.8) is 0 Å². The Bertz CT molecular complexity index is 620. The third-order valence-electron chi connectivity index (χ3n) is 2.69. The van der Waals surface area contributed by atoms with Gasteiger partial charge in [-0.1, -0.05) is 18.2 Å².